The fraction of sp³-hybridized carbons (Fsp3) is 0.235. The van der Waals surface area contributed by atoms with E-state index in [1.54, 1.807) is 19.9 Å². The lowest BCUT2D eigenvalue weighted by molar-refractivity contribution is 0.0692. The van der Waals surface area contributed by atoms with E-state index < -0.39 is 17.6 Å². The largest absolute Gasteiger partial charge is 0.507 e. The molecule has 0 unspecified atom stereocenters. The molecule has 2 aromatic rings. The molecule has 0 bridgehead atoms. The Kier molecular flexibility index (Phi) is 4.17. The van der Waals surface area contributed by atoms with E-state index in [9.17, 15) is 23.8 Å². The van der Waals surface area contributed by atoms with Crippen LogP contribution in [0.4, 0.5) is 8.78 Å². The Morgan fingerprint density at radius 1 is 1.09 bits per heavy atom. The second-order valence-electron chi connectivity index (χ2n) is 5.48. The van der Waals surface area contributed by atoms with Crippen LogP contribution in [0.25, 0.3) is 11.1 Å². The molecule has 0 spiro atoms. The van der Waals surface area contributed by atoms with Crippen LogP contribution < -0.4 is 0 Å². The number of hydrogen-bond donors (Lipinski definition) is 2. The quantitative estimate of drug-likeness (QED) is 0.879. The third-order valence-electron chi connectivity index (χ3n) is 3.60. The third-order valence-corrected chi connectivity index (χ3v) is 3.60. The highest BCUT2D eigenvalue weighted by molar-refractivity contribution is 5.96. The Balaban J connectivity index is 2.83. The van der Waals surface area contributed by atoms with E-state index in [0.717, 1.165) is 18.2 Å². The van der Waals surface area contributed by atoms with Gasteiger partial charge in [-0.2, -0.15) is 0 Å². The van der Waals surface area contributed by atoms with Crippen LogP contribution in [0.1, 0.15) is 41.3 Å². The maximum absolute atomic E-state index is 13.4. The number of carboxylic acid groups (broad SMARTS) is 1. The zero-order chi connectivity index (χ0) is 16.6. The Labute approximate surface area is 126 Å². The van der Waals surface area contributed by atoms with Crippen molar-refractivity contribution in [2.45, 2.75) is 26.7 Å². The summed E-state index contributed by atoms with van der Waals surface area (Å²) in [5.41, 5.74) is 1.06. The van der Waals surface area contributed by atoms with Crippen LogP contribution in [-0.4, -0.2) is 16.2 Å². The first-order valence-corrected chi connectivity index (χ1v) is 6.78. The Morgan fingerprint density at radius 2 is 1.64 bits per heavy atom. The van der Waals surface area contributed by atoms with Crippen molar-refractivity contribution in [3.8, 4) is 16.9 Å². The predicted octanol–water partition coefficient (Wildman–Crippen LogP) is 4.47. The highest BCUT2D eigenvalue weighted by atomic mass is 19.1. The average molecular weight is 306 g/mol. The summed E-state index contributed by atoms with van der Waals surface area (Å²) >= 11 is 0. The fourth-order valence-electron chi connectivity index (χ4n) is 2.50. The minimum Gasteiger partial charge on any atom is -0.507 e. The molecular weight excluding hydrogens is 290 g/mol. The van der Waals surface area contributed by atoms with E-state index in [4.69, 9.17) is 0 Å². The Bertz CT molecular complexity index is 732. The van der Waals surface area contributed by atoms with Gasteiger partial charge in [0.2, 0.25) is 0 Å². The van der Waals surface area contributed by atoms with Crippen molar-refractivity contribution in [1.82, 2.24) is 0 Å². The monoisotopic (exact) mass is 306 g/mol. The van der Waals surface area contributed by atoms with Crippen molar-refractivity contribution < 1.29 is 23.8 Å². The summed E-state index contributed by atoms with van der Waals surface area (Å²) in [6, 6.07) is 4.60. The lowest BCUT2D eigenvalue weighted by Gasteiger charge is -2.17. The van der Waals surface area contributed by atoms with Gasteiger partial charge < -0.3 is 10.2 Å². The van der Waals surface area contributed by atoms with E-state index in [1.807, 2.05) is 0 Å². The van der Waals surface area contributed by atoms with Gasteiger partial charge in [-0.15, -0.1) is 0 Å². The van der Waals surface area contributed by atoms with Gasteiger partial charge in [-0.25, -0.2) is 13.6 Å². The molecule has 0 amide bonds. The molecule has 2 rings (SSSR count). The van der Waals surface area contributed by atoms with Gasteiger partial charge in [0.05, 0.1) is 0 Å². The molecule has 0 aliphatic heterocycles. The van der Waals surface area contributed by atoms with E-state index in [1.165, 1.54) is 6.92 Å². The molecule has 0 radical (unpaired) electrons. The van der Waals surface area contributed by atoms with E-state index in [0.29, 0.717) is 11.1 Å². The highest BCUT2D eigenvalue weighted by Gasteiger charge is 2.22. The van der Waals surface area contributed by atoms with Gasteiger partial charge in [-0.1, -0.05) is 13.8 Å². The van der Waals surface area contributed by atoms with Gasteiger partial charge in [0.25, 0.3) is 0 Å². The van der Waals surface area contributed by atoms with Crippen LogP contribution in [0.2, 0.25) is 0 Å². The molecule has 22 heavy (non-hydrogen) atoms. The van der Waals surface area contributed by atoms with Crippen molar-refractivity contribution >= 4 is 5.97 Å². The maximum Gasteiger partial charge on any atom is 0.339 e. The molecule has 116 valence electrons. The van der Waals surface area contributed by atoms with Crippen LogP contribution in [0.3, 0.4) is 0 Å². The average Bonchev–Trinajstić information content (AvgIpc) is 2.36. The Morgan fingerprint density at radius 3 is 2.09 bits per heavy atom. The van der Waals surface area contributed by atoms with Crippen LogP contribution in [0.5, 0.6) is 5.75 Å². The zero-order valence-corrected chi connectivity index (χ0v) is 12.4. The first-order valence-electron chi connectivity index (χ1n) is 6.78. The molecular formula is C17H16F2O3. The standard InChI is InChI=1S/C17H16F2O3/c1-8(2)13-7-14(9(3)15(16(13)20)17(21)22)10-4-11(18)6-12(19)5-10/h4-8,20H,1-3H3,(H,21,22). The van der Waals surface area contributed by atoms with Crippen LogP contribution >= 0.6 is 0 Å². The lowest BCUT2D eigenvalue weighted by Crippen LogP contribution is -2.05. The molecule has 0 saturated heterocycles. The number of rotatable bonds is 3. The first kappa shape index (κ1) is 15.9. The van der Waals surface area contributed by atoms with Crippen molar-refractivity contribution in [1.29, 1.82) is 0 Å². The van der Waals surface area contributed by atoms with Crippen molar-refractivity contribution in [3.05, 3.63) is 52.6 Å². The minimum absolute atomic E-state index is 0.143. The summed E-state index contributed by atoms with van der Waals surface area (Å²) in [4.78, 5) is 11.4. The van der Waals surface area contributed by atoms with Crippen LogP contribution in [0, 0.1) is 18.6 Å². The number of benzene rings is 2. The molecule has 0 atom stereocenters. The molecule has 0 heterocycles. The molecule has 5 heteroatoms. The van der Waals surface area contributed by atoms with Gasteiger partial charge in [0.1, 0.15) is 22.9 Å². The molecule has 0 fully saturated rings. The summed E-state index contributed by atoms with van der Waals surface area (Å²) in [6.07, 6.45) is 0. The minimum atomic E-state index is -1.28. The van der Waals surface area contributed by atoms with E-state index in [2.05, 4.69) is 0 Å². The first-order chi connectivity index (χ1) is 10.2. The summed E-state index contributed by atoms with van der Waals surface area (Å²) in [7, 11) is 0. The van der Waals surface area contributed by atoms with Crippen molar-refractivity contribution in [2.24, 2.45) is 0 Å². The second-order valence-corrected chi connectivity index (χ2v) is 5.48. The van der Waals surface area contributed by atoms with Crippen molar-refractivity contribution in [3.63, 3.8) is 0 Å². The smallest absolute Gasteiger partial charge is 0.339 e. The summed E-state index contributed by atoms with van der Waals surface area (Å²) in [6.45, 7) is 5.10. The normalized spacial score (nSPS) is 11.0. The predicted molar refractivity (Wildman–Crippen MR) is 79.2 cm³/mol. The highest BCUT2D eigenvalue weighted by Crippen LogP contribution is 2.38. The number of phenols is 1. The van der Waals surface area contributed by atoms with Crippen LogP contribution in [-0.2, 0) is 0 Å². The number of aromatic carboxylic acids is 1. The van der Waals surface area contributed by atoms with Gasteiger partial charge in [-0.05, 0) is 53.3 Å². The number of carbonyl (C=O) groups is 1. The van der Waals surface area contributed by atoms with Gasteiger partial charge in [0.15, 0.2) is 0 Å². The van der Waals surface area contributed by atoms with Crippen molar-refractivity contribution in [2.75, 3.05) is 0 Å². The molecule has 0 aliphatic carbocycles. The van der Waals surface area contributed by atoms with Gasteiger partial charge in [-0.3, -0.25) is 0 Å². The van der Waals surface area contributed by atoms with E-state index >= 15 is 0 Å². The van der Waals surface area contributed by atoms with E-state index in [-0.39, 0.29) is 28.4 Å². The number of halogens is 2. The van der Waals surface area contributed by atoms with Gasteiger partial charge >= 0.3 is 5.97 Å². The molecule has 2 aromatic carbocycles. The summed E-state index contributed by atoms with van der Waals surface area (Å²) < 4.78 is 26.9. The summed E-state index contributed by atoms with van der Waals surface area (Å²) in [5, 5.41) is 19.5. The zero-order valence-electron chi connectivity index (χ0n) is 12.4. The third kappa shape index (κ3) is 2.79. The number of aromatic hydroxyl groups is 1. The number of hydrogen-bond acceptors (Lipinski definition) is 2. The van der Waals surface area contributed by atoms with Gasteiger partial charge in [0, 0.05) is 6.07 Å². The summed E-state index contributed by atoms with van der Waals surface area (Å²) in [5.74, 6) is -3.22. The SMILES string of the molecule is Cc1c(-c2cc(F)cc(F)c2)cc(C(C)C)c(O)c1C(=O)O. The fourth-order valence-corrected chi connectivity index (χ4v) is 2.50. The molecule has 0 saturated carbocycles. The topological polar surface area (TPSA) is 57.5 Å². The molecule has 0 aromatic heterocycles. The molecule has 2 N–H and O–H groups in total. The number of carboxylic acids is 1. The molecule has 0 aliphatic rings. The van der Waals surface area contributed by atoms with Crippen LogP contribution in [0.15, 0.2) is 24.3 Å². The maximum atomic E-state index is 13.4. The lowest BCUT2D eigenvalue weighted by atomic mass is 9.89. The molecule has 3 nitrogen and oxygen atoms in total. The second kappa shape index (κ2) is 5.75. The Hall–Kier alpha value is -2.43.